The number of aryl methyl sites for hydroxylation is 3. The summed E-state index contributed by atoms with van der Waals surface area (Å²) in [4.78, 5) is 12.9. The molecule has 27 heavy (non-hydrogen) atoms. The second kappa shape index (κ2) is 7.48. The van der Waals surface area contributed by atoms with Crippen LogP contribution in [0.5, 0.6) is 0 Å². The maximum absolute atomic E-state index is 13.0. The summed E-state index contributed by atoms with van der Waals surface area (Å²) in [5, 5.41) is 2.89. The van der Waals surface area contributed by atoms with E-state index in [1.807, 2.05) is 32.0 Å². The van der Waals surface area contributed by atoms with E-state index in [4.69, 9.17) is 0 Å². The van der Waals surface area contributed by atoms with Crippen molar-refractivity contribution < 1.29 is 13.2 Å². The van der Waals surface area contributed by atoms with Gasteiger partial charge in [0.05, 0.1) is 0 Å². The predicted molar refractivity (Wildman–Crippen MR) is 106 cm³/mol. The normalized spacial score (nSPS) is 18.4. The van der Waals surface area contributed by atoms with Crippen molar-refractivity contribution in [1.29, 1.82) is 0 Å². The maximum atomic E-state index is 13.0. The van der Waals surface area contributed by atoms with Crippen molar-refractivity contribution in [2.45, 2.75) is 38.5 Å². The Bertz CT molecular complexity index is 963. The highest BCUT2D eigenvalue weighted by molar-refractivity contribution is 7.89. The highest BCUT2D eigenvalue weighted by Gasteiger charge is 2.30. The van der Waals surface area contributed by atoms with Gasteiger partial charge in [0.1, 0.15) is 10.6 Å². The molecule has 0 saturated carbocycles. The first-order valence-corrected chi connectivity index (χ1v) is 10.7. The molecule has 3 rings (SSSR count). The fraction of sp³-hybridized carbons (Fsp3) is 0.450. The molecular weight excluding hydrogens is 362 g/mol. The molecule has 0 bridgehead atoms. The average Bonchev–Trinajstić information content (AvgIpc) is 3.01. The van der Waals surface area contributed by atoms with Gasteiger partial charge >= 0.3 is 0 Å². The summed E-state index contributed by atoms with van der Waals surface area (Å²) in [6.07, 6.45) is 3.43. The number of nitrogens with zero attached hydrogens (tertiary/aromatic N) is 2. The third kappa shape index (κ3) is 4.09. The summed E-state index contributed by atoms with van der Waals surface area (Å²) in [5.41, 5.74) is 3.05. The number of hydrogen-bond donors (Lipinski definition) is 1. The van der Waals surface area contributed by atoms with Crippen LogP contribution in [0, 0.1) is 19.8 Å². The minimum Gasteiger partial charge on any atom is -0.345 e. The number of nitrogens with one attached hydrogen (secondary N) is 1. The maximum Gasteiger partial charge on any atom is 0.272 e. The molecule has 146 valence electrons. The Hall–Kier alpha value is -2.12. The van der Waals surface area contributed by atoms with Crippen LogP contribution >= 0.6 is 0 Å². The van der Waals surface area contributed by atoms with Crippen LogP contribution in [-0.4, -0.2) is 36.3 Å². The van der Waals surface area contributed by atoms with E-state index in [9.17, 15) is 13.2 Å². The lowest BCUT2D eigenvalue weighted by molar-refractivity contribution is 0.101. The van der Waals surface area contributed by atoms with Gasteiger partial charge in [-0.15, -0.1) is 0 Å². The molecular formula is C20H27N3O3S. The lowest BCUT2D eigenvalue weighted by Crippen LogP contribution is -2.38. The largest absolute Gasteiger partial charge is 0.345 e. The first kappa shape index (κ1) is 19.6. The smallest absolute Gasteiger partial charge is 0.272 e. The second-order valence-corrected chi connectivity index (χ2v) is 9.49. The lowest BCUT2D eigenvalue weighted by Gasteiger charge is -2.29. The van der Waals surface area contributed by atoms with Gasteiger partial charge in [-0.25, -0.2) is 8.42 Å². The zero-order chi connectivity index (χ0) is 19.8. The summed E-state index contributed by atoms with van der Waals surface area (Å²) in [6, 6.07) is 7.30. The molecule has 1 saturated heterocycles. The van der Waals surface area contributed by atoms with Crippen LogP contribution in [0.25, 0.3) is 0 Å². The molecule has 0 radical (unpaired) electrons. The number of benzene rings is 1. The summed E-state index contributed by atoms with van der Waals surface area (Å²) in [7, 11) is -1.90. The van der Waals surface area contributed by atoms with Crippen molar-refractivity contribution in [2.24, 2.45) is 13.0 Å². The van der Waals surface area contributed by atoms with Crippen molar-refractivity contribution in [3.8, 4) is 0 Å². The van der Waals surface area contributed by atoms with Gasteiger partial charge in [-0.2, -0.15) is 4.31 Å². The standard InChI is InChI=1S/C20H27N3O3S/c1-14-7-8-16(3)18(10-14)21-20(24)19-11-17(13-22(19)4)27(25,26)23-9-5-6-15(2)12-23/h7-8,10-11,13,15H,5-6,9,12H2,1-4H3,(H,21,24). The third-order valence-corrected chi connectivity index (χ3v) is 6.94. The van der Waals surface area contributed by atoms with Gasteiger partial charge in [0.15, 0.2) is 0 Å². The minimum atomic E-state index is -3.59. The Morgan fingerprint density at radius 1 is 1.22 bits per heavy atom. The zero-order valence-electron chi connectivity index (χ0n) is 16.3. The summed E-state index contributed by atoms with van der Waals surface area (Å²) in [5.74, 6) is 0.0314. The molecule has 1 unspecified atom stereocenters. The Balaban J connectivity index is 1.85. The van der Waals surface area contributed by atoms with E-state index >= 15 is 0 Å². The highest BCUT2D eigenvalue weighted by atomic mass is 32.2. The van der Waals surface area contributed by atoms with E-state index in [0.717, 1.165) is 29.7 Å². The minimum absolute atomic E-state index is 0.171. The average molecular weight is 390 g/mol. The number of hydrogen-bond acceptors (Lipinski definition) is 3. The topological polar surface area (TPSA) is 71.4 Å². The quantitative estimate of drug-likeness (QED) is 0.872. The molecule has 1 N–H and O–H groups in total. The number of anilines is 1. The summed E-state index contributed by atoms with van der Waals surface area (Å²) < 4.78 is 29.0. The number of carbonyl (C=O) groups is 1. The SMILES string of the molecule is Cc1ccc(C)c(NC(=O)c2cc(S(=O)(=O)N3CCCC(C)C3)cn2C)c1. The predicted octanol–water partition coefficient (Wildman–Crippen LogP) is 3.31. The fourth-order valence-electron chi connectivity index (χ4n) is 3.47. The number of piperidine rings is 1. The Morgan fingerprint density at radius 3 is 2.67 bits per heavy atom. The van der Waals surface area contributed by atoms with E-state index in [1.165, 1.54) is 16.6 Å². The summed E-state index contributed by atoms with van der Waals surface area (Å²) >= 11 is 0. The first-order valence-electron chi connectivity index (χ1n) is 9.23. The number of carbonyl (C=O) groups excluding carboxylic acids is 1. The van der Waals surface area contributed by atoms with Crippen LogP contribution in [0.2, 0.25) is 0 Å². The van der Waals surface area contributed by atoms with Crippen molar-refractivity contribution in [2.75, 3.05) is 18.4 Å². The van der Waals surface area contributed by atoms with Crippen LogP contribution in [0.15, 0.2) is 35.4 Å². The van der Waals surface area contributed by atoms with Gasteiger partial charge in [0.25, 0.3) is 5.91 Å². The van der Waals surface area contributed by atoms with Gasteiger partial charge in [-0.05, 0) is 55.9 Å². The van der Waals surface area contributed by atoms with Crippen LogP contribution in [0.3, 0.4) is 0 Å². The molecule has 1 fully saturated rings. The zero-order valence-corrected chi connectivity index (χ0v) is 17.1. The van der Waals surface area contributed by atoms with Gasteiger partial charge in [-0.1, -0.05) is 19.1 Å². The Labute approximate surface area is 161 Å². The molecule has 1 aromatic heterocycles. The monoisotopic (exact) mass is 389 g/mol. The van der Waals surface area contributed by atoms with E-state index in [-0.39, 0.29) is 10.8 Å². The van der Waals surface area contributed by atoms with E-state index in [2.05, 4.69) is 12.2 Å². The van der Waals surface area contributed by atoms with Crippen LogP contribution in [-0.2, 0) is 17.1 Å². The van der Waals surface area contributed by atoms with Gasteiger partial charge in [0, 0.05) is 32.0 Å². The van der Waals surface area contributed by atoms with Crippen LogP contribution < -0.4 is 5.32 Å². The van der Waals surface area contributed by atoms with E-state index < -0.39 is 10.0 Å². The van der Waals surface area contributed by atoms with Gasteiger partial charge in [0.2, 0.25) is 10.0 Å². The second-order valence-electron chi connectivity index (χ2n) is 7.55. The number of sulfonamides is 1. The van der Waals surface area contributed by atoms with Gasteiger partial charge in [-0.3, -0.25) is 4.79 Å². The van der Waals surface area contributed by atoms with Gasteiger partial charge < -0.3 is 9.88 Å². The molecule has 2 aromatic rings. The van der Waals surface area contributed by atoms with Crippen LogP contribution in [0.1, 0.15) is 41.4 Å². The molecule has 2 heterocycles. The van der Waals surface area contributed by atoms with Crippen molar-refractivity contribution in [1.82, 2.24) is 8.87 Å². The first-order chi connectivity index (χ1) is 12.7. The van der Waals surface area contributed by atoms with E-state index in [0.29, 0.717) is 24.7 Å². The third-order valence-electron chi connectivity index (χ3n) is 5.11. The lowest BCUT2D eigenvalue weighted by atomic mass is 10.0. The molecule has 1 aliphatic heterocycles. The molecule has 1 amide bonds. The molecule has 1 atom stereocenters. The van der Waals surface area contributed by atoms with Crippen molar-refractivity contribution >= 4 is 21.6 Å². The molecule has 1 aliphatic rings. The summed E-state index contributed by atoms with van der Waals surface area (Å²) in [6.45, 7) is 7.01. The molecule has 1 aromatic carbocycles. The molecule has 0 aliphatic carbocycles. The van der Waals surface area contributed by atoms with Crippen LogP contribution in [0.4, 0.5) is 5.69 Å². The Kier molecular flexibility index (Phi) is 5.44. The molecule has 6 nitrogen and oxygen atoms in total. The number of rotatable bonds is 4. The van der Waals surface area contributed by atoms with Crippen molar-refractivity contribution in [3.63, 3.8) is 0 Å². The highest BCUT2D eigenvalue weighted by Crippen LogP contribution is 2.25. The number of amides is 1. The van der Waals surface area contributed by atoms with E-state index in [1.54, 1.807) is 11.6 Å². The van der Waals surface area contributed by atoms with Crippen molar-refractivity contribution in [3.05, 3.63) is 47.3 Å². The number of aromatic nitrogens is 1. The molecule has 7 heteroatoms. The fourth-order valence-corrected chi connectivity index (χ4v) is 5.14. The molecule has 0 spiro atoms. The Morgan fingerprint density at radius 2 is 1.96 bits per heavy atom.